The molecule has 0 saturated heterocycles. The Morgan fingerprint density at radius 2 is 1.67 bits per heavy atom. The number of fused-ring (bicyclic) bond motifs is 2. The first kappa shape index (κ1) is 17.1. The smallest absolute Gasteiger partial charge is 0.304 e. The van der Waals surface area contributed by atoms with Crippen molar-refractivity contribution in [2.75, 3.05) is 13.2 Å². The van der Waals surface area contributed by atoms with Crippen LogP contribution in [0.3, 0.4) is 0 Å². The predicted octanol–water partition coefficient (Wildman–Crippen LogP) is 4.54. The zero-order valence-corrected chi connectivity index (χ0v) is 14.7. The van der Waals surface area contributed by atoms with Gasteiger partial charge in [-0.3, -0.25) is 4.79 Å². The second-order valence-electron chi connectivity index (χ2n) is 6.33. The highest BCUT2D eigenvalue weighted by Gasteiger charge is 2.30. The van der Waals surface area contributed by atoms with Crippen LogP contribution >= 0.6 is 0 Å². The molecule has 1 N–H and O–H groups in total. The van der Waals surface area contributed by atoms with Gasteiger partial charge in [0.15, 0.2) is 5.90 Å². The van der Waals surface area contributed by atoms with Crippen molar-refractivity contribution in [3.8, 4) is 5.75 Å². The van der Waals surface area contributed by atoms with Gasteiger partial charge in [-0.1, -0.05) is 54.6 Å². The number of aliphatic carboxylic acids is 1. The van der Waals surface area contributed by atoms with Gasteiger partial charge < -0.3 is 14.6 Å². The van der Waals surface area contributed by atoms with Crippen molar-refractivity contribution in [1.29, 1.82) is 0 Å². The highest BCUT2D eigenvalue weighted by molar-refractivity contribution is 5.95. The summed E-state index contributed by atoms with van der Waals surface area (Å²) in [5.41, 5.74) is 1.67. The second kappa shape index (κ2) is 7.50. The summed E-state index contributed by atoms with van der Waals surface area (Å²) in [4.78, 5) is 15.7. The number of carboxylic acids is 1. The predicted molar refractivity (Wildman–Crippen MR) is 104 cm³/mol. The van der Waals surface area contributed by atoms with Crippen LogP contribution in [-0.2, 0) is 9.53 Å². The second-order valence-corrected chi connectivity index (χ2v) is 6.33. The van der Waals surface area contributed by atoms with Crippen molar-refractivity contribution >= 4 is 28.3 Å². The quantitative estimate of drug-likeness (QED) is 0.655. The summed E-state index contributed by atoms with van der Waals surface area (Å²) in [6.45, 7) is 0.648. The highest BCUT2D eigenvalue weighted by Crippen LogP contribution is 2.37. The fourth-order valence-corrected chi connectivity index (χ4v) is 3.34. The molecule has 0 radical (unpaired) electrons. The van der Waals surface area contributed by atoms with Crippen molar-refractivity contribution in [3.05, 3.63) is 72.3 Å². The van der Waals surface area contributed by atoms with Gasteiger partial charge in [0.05, 0.1) is 18.0 Å². The summed E-state index contributed by atoms with van der Waals surface area (Å²) < 4.78 is 11.7. The normalized spacial score (nSPS) is 15.3. The summed E-state index contributed by atoms with van der Waals surface area (Å²) in [5, 5.41) is 11.4. The van der Waals surface area contributed by atoms with Crippen LogP contribution in [-0.4, -0.2) is 30.2 Å². The molecule has 0 amide bonds. The van der Waals surface area contributed by atoms with E-state index in [9.17, 15) is 9.90 Å². The third-order valence-corrected chi connectivity index (χ3v) is 4.56. The molecule has 5 nitrogen and oxygen atoms in total. The van der Waals surface area contributed by atoms with Gasteiger partial charge in [-0.25, -0.2) is 4.99 Å². The topological polar surface area (TPSA) is 68.1 Å². The summed E-state index contributed by atoms with van der Waals surface area (Å²) in [6, 6.07) is 21.5. The number of carbonyl (C=O) groups is 1. The first-order valence-corrected chi connectivity index (χ1v) is 8.85. The average molecular weight is 361 g/mol. The third kappa shape index (κ3) is 3.62. The molecule has 5 heteroatoms. The lowest BCUT2D eigenvalue weighted by Gasteiger charge is -2.14. The Bertz CT molecular complexity index is 1010. The van der Waals surface area contributed by atoms with Crippen LogP contribution in [0.1, 0.15) is 17.9 Å². The number of rotatable bonds is 6. The Hall–Kier alpha value is -3.34. The van der Waals surface area contributed by atoms with E-state index in [1.54, 1.807) is 0 Å². The molecular weight excluding hydrogens is 342 g/mol. The standard InChI is InChI=1S/C22H19NO4/c24-21(25)14-18-17-9-3-4-10-19(17)23-22(18)27-13-12-26-20-11-5-7-15-6-1-2-8-16(15)20/h1-11,18H,12-14H2,(H,24,25). The maximum absolute atomic E-state index is 11.2. The van der Waals surface area contributed by atoms with E-state index in [1.807, 2.05) is 66.7 Å². The number of benzene rings is 3. The molecule has 1 atom stereocenters. The molecule has 0 fully saturated rings. The van der Waals surface area contributed by atoms with Crippen molar-refractivity contribution < 1.29 is 19.4 Å². The highest BCUT2D eigenvalue weighted by atomic mass is 16.5. The molecule has 1 aliphatic heterocycles. The minimum absolute atomic E-state index is 0.0416. The van der Waals surface area contributed by atoms with Gasteiger partial charge in [0, 0.05) is 5.39 Å². The molecule has 4 rings (SSSR count). The summed E-state index contributed by atoms with van der Waals surface area (Å²) in [7, 11) is 0. The Balaban J connectivity index is 1.40. The molecule has 136 valence electrons. The van der Waals surface area contributed by atoms with Gasteiger partial charge in [-0.2, -0.15) is 0 Å². The van der Waals surface area contributed by atoms with Crippen LogP contribution in [0.25, 0.3) is 10.8 Å². The van der Waals surface area contributed by atoms with Crippen molar-refractivity contribution in [2.24, 2.45) is 4.99 Å². The lowest BCUT2D eigenvalue weighted by atomic mass is 9.97. The van der Waals surface area contributed by atoms with Crippen LogP contribution in [0, 0.1) is 0 Å². The Kier molecular flexibility index (Phi) is 4.75. The van der Waals surface area contributed by atoms with E-state index in [1.165, 1.54) is 0 Å². The molecule has 0 aromatic heterocycles. The van der Waals surface area contributed by atoms with Crippen molar-refractivity contribution in [3.63, 3.8) is 0 Å². The van der Waals surface area contributed by atoms with Gasteiger partial charge in [-0.05, 0) is 23.1 Å². The van der Waals surface area contributed by atoms with Gasteiger partial charge in [0.1, 0.15) is 19.0 Å². The number of nitrogens with zero attached hydrogens (tertiary/aromatic N) is 1. The average Bonchev–Trinajstić information content (AvgIpc) is 3.02. The van der Waals surface area contributed by atoms with Gasteiger partial charge >= 0.3 is 5.97 Å². The summed E-state index contributed by atoms with van der Waals surface area (Å²) in [6.07, 6.45) is -0.0416. The monoisotopic (exact) mass is 361 g/mol. The zero-order valence-electron chi connectivity index (χ0n) is 14.7. The molecule has 3 aromatic rings. The number of aliphatic imine (C=N–C) groups is 1. The van der Waals surface area contributed by atoms with Crippen LogP contribution in [0.2, 0.25) is 0 Å². The van der Waals surface area contributed by atoms with Crippen molar-refractivity contribution in [1.82, 2.24) is 0 Å². The molecule has 1 heterocycles. The van der Waals surface area contributed by atoms with E-state index in [2.05, 4.69) is 4.99 Å². The minimum atomic E-state index is -0.875. The lowest BCUT2D eigenvalue weighted by Crippen LogP contribution is -2.19. The van der Waals surface area contributed by atoms with Crippen molar-refractivity contribution in [2.45, 2.75) is 12.3 Å². The maximum Gasteiger partial charge on any atom is 0.304 e. The molecule has 3 aromatic carbocycles. The molecular formula is C22H19NO4. The maximum atomic E-state index is 11.2. The van der Waals surface area contributed by atoms with E-state index in [0.717, 1.165) is 27.8 Å². The van der Waals surface area contributed by atoms with E-state index in [0.29, 0.717) is 19.1 Å². The molecule has 27 heavy (non-hydrogen) atoms. The van der Waals surface area contributed by atoms with Crippen LogP contribution in [0.15, 0.2) is 71.7 Å². The fraction of sp³-hybridized carbons (Fsp3) is 0.182. The number of ether oxygens (including phenoxy) is 2. The number of para-hydroxylation sites is 1. The van der Waals surface area contributed by atoms with Crippen LogP contribution in [0.4, 0.5) is 5.69 Å². The first-order valence-electron chi connectivity index (χ1n) is 8.85. The van der Waals surface area contributed by atoms with E-state index in [4.69, 9.17) is 9.47 Å². The molecule has 1 aliphatic rings. The zero-order chi connectivity index (χ0) is 18.6. The minimum Gasteiger partial charge on any atom is -0.489 e. The first-order chi connectivity index (χ1) is 13.2. The molecule has 1 unspecified atom stereocenters. The molecule has 0 bridgehead atoms. The van der Waals surface area contributed by atoms with Gasteiger partial charge in [0.25, 0.3) is 0 Å². The third-order valence-electron chi connectivity index (χ3n) is 4.56. The Morgan fingerprint density at radius 3 is 2.56 bits per heavy atom. The summed E-state index contributed by atoms with van der Waals surface area (Å²) in [5.74, 6) is 0.0202. The summed E-state index contributed by atoms with van der Waals surface area (Å²) >= 11 is 0. The number of hydrogen-bond acceptors (Lipinski definition) is 4. The van der Waals surface area contributed by atoms with Crippen LogP contribution in [0.5, 0.6) is 5.75 Å². The fourth-order valence-electron chi connectivity index (χ4n) is 3.34. The Morgan fingerprint density at radius 1 is 0.926 bits per heavy atom. The molecule has 0 aliphatic carbocycles. The van der Waals surface area contributed by atoms with E-state index >= 15 is 0 Å². The SMILES string of the molecule is O=C(O)CC1C(OCCOc2cccc3ccccc23)=Nc2ccccc21. The number of hydrogen-bond donors (Lipinski definition) is 1. The lowest BCUT2D eigenvalue weighted by molar-refractivity contribution is -0.137. The number of carboxylic acid groups (broad SMARTS) is 1. The van der Waals surface area contributed by atoms with E-state index in [-0.39, 0.29) is 12.3 Å². The van der Waals surface area contributed by atoms with E-state index < -0.39 is 5.97 Å². The largest absolute Gasteiger partial charge is 0.489 e. The van der Waals surface area contributed by atoms with Gasteiger partial charge in [-0.15, -0.1) is 0 Å². The van der Waals surface area contributed by atoms with Crippen LogP contribution < -0.4 is 4.74 Å². The Labute approximate surface area is 156 Å². The molecule has 0 spiro atoms. The van der Waals surface area contributed by atoms with Gasteiger partial charge in [0.2, 0.25) is 0 Å². The molecule has 0 saturated carbocycles.